The van der Waals surface area contributed by atoms with E-state index in [1.165, 1.54) is 4.90 Å². The van der Waals surface area contributed by atoms with Gasteiger partial charge in [0.2, 0.25) is 0 Å². The van der Waals surface area contributed by atoms with Crippen molar-refractivity contribution in [3.05, 3.63) is 83.4 Å². The lowest BCUT2D eigenvalue weighted by Crippen LogP contribution is -2.37. The molecule has 0 saturated carbocycles. The number of benzene rings is 3. The Morgan fingerprint density at radius 2 is 1.83 bits per heavy atom. The summed E-state index contributed by atoms with van der Waals surface area (Å²) in [5.74, 6) is -0.696. The van der Waals surface area contributed by atoms with E-state index < -0.39 is 31.0 Å². The van der Waals surface area contributed by atoms with E-state index in [1.54, 1.807) is 57.2 Å². The first-order valence-corrected chi connectivity index (χ1v) is 13.1. The smallest absolute Gasteiger partial charge is 0.344 e. The van der Waals surface area contributed by atoms with Crippen LogP contribution in [0.2, 0.25) is 0 Å². The van der Waals surface area contributed by atoms with Crippen LogP contribution in [0.15, 0.2) is 71.7 Å². The number of rotatable bonds is 9. The van der Waals surface area contributed by atoms with Crippen LogP contribution in [0, 0.1) is 0 Å². The average Bonchev–Trinajstić information content (AvgIpc) is 3.35. The second-order valence-electron chi connectivity index (χ2n) is 9.58. The average molecular weight is 560 g/mol. The molecule has 2 aliphatic heterocycles. The summed E-state index contributed by atoms with van der Waals surface area (Å²) in [6.45, 7) is 4.48. The minimum atomic E-state index is -0.611. The number of hydrogen-bond donors (Lipinski definition) is 1. The Labute approximate surface area is 236 Å². The van der Waals surface area contributed by atoms with Crippen LogP contribution in [0.25, 0.3) is 0 Å². The highest BCUT2D eigenvalue weighted by molar-refractivity contribution is 6.14. The fourth-order valence-electron chi connectivity index (χ4n) is 4.26. The maximum atomic E-state index is 14.1. The quantitative estimate of drug-likeness (QED) is 0.385. The molecule has 1 N–H and O–H groups in total. The van der Waals surface area contributed by atoms with Crippen LogP contribution in [0.3, 0.4) is 0 Å². The van der Waals surface area contributed by atoms with Gasteiger partial charge in [0.1, 0.15) is 30.2 Å². The third-order valence-corrected chi connectivity index (χ3v) is 6.07. The summed E-state index contributed by atoms with van der Waals surface area (Å²) in [5, 5.41) is 0. The molecule has 41 heavy (non-hydrogen) atoms. The molecule has 11 nitrogen and oxygen atoms in total. The fraction of sp³-hybridized carbons (Fsp3) is 0.267. The number of carbonyl (C=O) groups is 3. The van der Waals surface area contributed by atoms with Crippen molar-refractivity contribution in [2.75, 3.05) is 18.1 Å². The van der Waals surface area contributed by atoms with Crippen LogP contribution in [0.5, 0.6) is 17.2 Å². The molecule has 3 aromatic rings. The summed E-state index contributed by atoms with van der Waals surface area (Å²) in [4.78, 5) is 50.2. The molecule has 5 rings (SSSR count). The summed E-state index contributed by atoms with van der Waals surface area (Å²) in [7, 11) is 0. The minimum absolute atomic E-state index is 0.0479. The number of ether oxygens (including phenoxy) is 4. The number of aliphatic imine (C=N–C) groups is 1. The first-order valence-electron chi connectivity index (χ1n) is 13.1. The number of nitrogens with one attached hydrogen (secondary N) is 1. The van der Waals surface area contributed by atoms with Crippen LogP contribution in [-0.2, 0) is 30.5 Å². The van der Waals surface area contributed by atoms with E-state index in [0.29, 0.717) is 22.8 Å². The van der Waals surface area contributed by atoms with Crippen molar-refractivity contribution < 1.29 is 38.2 Å². The summed E-state index contributed by atoms with van der Waals surface area (Å²) >= 11 is 0. The molecule has 0 spiro atoms. The molecule has 3 aromatic carbocycles. The number of carbonyl (C=O) groups excluding carboxylic acids is 3. The van der Waals surface area contributed by atoms with Gasteiger partial charge in [-0.2, -0.15) is 0 Å². The Hall–Kier alpha value is -4.90. The summed E-state index contributed by atoms with van der Waals surface area (Å²) in [6, 6.07) is 19.2. The molecule has 0 saturated heterocycles. The number of nitrogens with zero attached hydrogens (tertiary/aromatic N) is 2. The molecule has 0 radical (unpaired) electrons. The van der Waals surface area contributed by atoms with Gasteiger partial charge in [0.05, 0.1) is 11.8 Å². The standard InChI is InChI=1S/C30H29N3O8/c1-18(2)39-26(34)15-33-22-14-21(29-31-19(3)41-32-29)12-13-23(22)40-25-11-7-10-24(28(25)30(33)36)37-17-27(35)38-16-20-8-5-4-6-9-20/h4-14,18-19H,15-17H2,1-3H3,(H,31,32). The van der Waals surface area contributed by atoms with Gasteiger partial charge in [-0.25, -0.2) is 20.1 Å². The second kappa shape index (κ2) is 12.1. The number of amidine groups is 1. The molecule has 212 valence electrons. The van der Waals surface area contributed by atoms with E-state index in [-0.39, 0.29) is 36.0 Å². The predicted octanol–water partition coefficient (Wildman–Crippen LogP) is 4.14. The van der Waals surface area contributed by atoms with Crippen molar-refractivity contribution in [1.82, 2.24) is 5.48 Å². The van der Waals surface area contributed by atoms with Gasteiger partial charge in [-0.05, 0) is 56.7 Å². The molecule has 1 atom stereocenters. The van der Waals surface area contributed by atoms with E-state index in [0.717, 1.165) is 5.56 Å². The number of fused-ring (bicyclic) bond motifs is 2. The lowest BCUT2D eigenvalue weighted by molar-refractivity contribution is -0.147. The molecular formula is C30H29N3O8. The van der Waals surface area contributed by atoms with E-state index in [1.807, 2.05) is 30.3 Å². The van der Waals surface area contributed by atoms with Gasteiger partial charge in [0.25, 0.3) is 5.91 Å². The van der Waals surface area contributed by atoms with E-state index in [2.05, 4.69) is 10.5 Å². The molecule has 11 heteroatoms. The Morgan fingerprint density at radius 3 is 2.56 bits per heavy atom. The second-order valence-corrected chi connectivity index (χ2v) is 9.58. The lowest BCUT2D eigenvalue weighted by atomic mass is 10.1. The normalized spacial score (nSPS) is 15.6. The van der Waals surface area contributed by atoms with E-state index in [9.17, 15) is 14.4 Å². The number of anilines is 1. The van der Waals surface area contributed by atoms with Gasteiger partial charge in [0, 0.05) is 5.56 Å². The summed E-state index contributed by atoms with van der Waals surface area (Å²) in [5.41, 5.74) is 4.58. The van der Waals surface area contributed by atoms with Gasteiger partial charge >= 0.3 is 11.9 Å². The molecule has 0 aromatic heterocycles. The van der Waals surface area contributed by atoms with Crippen LogP contribution in [0.1, 0.15) is 42.3 Å². The monoisotopic (exact) mass is 559 g/mol. The molecular weight excluding hydrogens is 530 g/mol. The maximum absolute atomic E-state index is 14.1. The molecule has 0 aliphatic carbocycles. The van der Waals surface area contributed by atoms with Crippen molar-refractivity contribution in [3.63, 3.8) is 0 Å². The Bertz CT molecular complexity index is 1490. The van der Waals surface area contributed by atoms with Crippen molar-refractivity contribution in [2.24, 2.45) is 4.99 Å². The third-order valence-electron chi connectivity index (χ3n) is 6.07. The highest BCUT2D eigenvalue weighted by Crippen LogP contribution is 2.42. The van der Waals surface area contributed by atoms with Gasteiger partial charge in [-0.15, -0.1) is 0 Å². The van der Waals surface area contributed by atoms with Crippen LogP contribution in [0.4, 0.5) is 5.69 Å². The van der Waals surface area contributed by atoms with E-state index in [4.69, 9.17) is 23.8 Å². The number of amides is 1. The molecule has 0 bridgehead atoms. The van der Waals surface area contributed by atoms with Crippen molar-refractivity contribution in [1.29, 1.82) is 0 Å². The lowest BCUT2D eigenvalue weighted by Gasteiger charge is -2.23. The highest BCUT2D eigenvalue weighted by atomic mass is 16.7. The minimum Gasteiger partial charge on any atom is -0.481 e. The summed E-state index contributed by atoms with van der Waals surface area (Å²) < 4.78 is 22.5. The number of hydroxylamine groups is 1. The highest BCUT2D eigenvalue weighted by Gasteiger charge is 2.34. The van der Waals surface area contributed by atoms with E-state index >= 15 is 0 Å². The zero-order valence-corrected chi connectivity index (χ0v) is 22.8. The predicted molar refractivity (Wildman–Crippen MR) is 148 cm³/mol. The Balaban J connectivity index is 1.43. The van der Waals surface area contributed by atoms with Crippen LogP contribution in [-0.4, -0.2) is 49.2 Å². The van der Waals surface area contributed by atoms with Crippen molar-refractivity contribution in [2.45, 2.75) is 39.7 Å². The first-order chi connectivity index (χ1) is 19.8. The maximum Gasteiger partial charge on any atom is 0.344 e. The zero-order valence-electron chi connectivity index (χ0n) is 22.8. The molecule has 2 aliphatic rings. The Morgan fingerprint density at radius 1 is 1.02 bits per heavy atom. The Kier molecular flexibility index (Phi) is 8.16. The van der Waals surface area contributed by atoms with Gasteiger partial charge in [-0.3, -0.25) is 14.5 Å². The van der Waals surface area contributed by atoms with Crippen molar-refractivity contribution >= 4 is 29.4 Å². The van der Waals surface area contributed by atoms with Crippen LogP contribution >= 0.6 is 0 Å². The molecule has 1 amide bonds. The first kappa shape index (κ1) is 27.7. The summed E-state index contributed by atoms with van der Waals surface area (Å²) in [6.07, 6.45) is -0.766. The molecule has 1 unspecified atom stereocenters. The van der Waals surface area contributed by atoms with Gasteiger partial charge in [0.15, 0.2) is 24.4 Å². The molecule has 2 heterocycles. The number of hydrogen-bond acceptors (Lipinski definition) is 10. The topological polar surface area (TPSA) is 125 Å². The number of esters is 2. The van der Waals surface area contributed by atoms with Gasteiger partial charge in [-0.1, -0.05) is 36.4 Å². The molecule has 0 fully saturated rings. The van der Waals surface area contributed by atoms with Crippen molar-refractivity contribution in [3.8, 4) is 17.2 Å². The zero-order chi connectivity index (χ0) is 28.9. The SMILES string of the molecule is CC(C)OC(=O)CN1C(=O)c2c(OCC(=O)OCc3ccccc3)cccc2Oc2ccc(C3=NC(C)ON3)cc21. The largest absolute Gasteiger partial charge is 0.481 e. The third kappa shape index (κ3) is 6.47. The fourth-order valence-corrected chi connectivity index (χ4v) is 4.26. The van der Waals surface area contributed by atoms with Gasteiger partial charge < -0.3 is 18.9 Å². The van der Waals surface area contributed by atoms with Crippen LogP contribution < -0.4 is 19.9 Å².